The van der Waals surface area contributed by atoms with E-state index >= 15 is 0 Å². The molecule has 17 heavy (non-hydrogen) atoms. The van der Waals surface area contributed by atoms with Crippen LogP contribution in [0.5, 0.6) is 0 Å². The van der Waals surface area contributed by atoms with Crippen LogP contribution in [0.25, 0.3) is 0 Å². The lowest BCUT2D eigenvalue weighted by Crippen LogP contribution is -2.31. The molecule has 2 N–H and O–H groups in total. The van der Waals surface area contributed by atoms with Crippen molar-refractivity contribution in [3.8, 4) is 0 Å². The molecule has 1 heterocycles. The number of nitrogens with zero attached hydrogens (tertiary/aromatic N) is 2. The average molecular weight is 235 g/mol. The van der Waals surface area contributed by atoms with Crippen LogP contribution in [-0.2, 0) is 6.54 Å². The molecule has 0 aliphatic carbocycles. The quantitative estimate of drug-likeness (QED) is 0.788. The Hall–Kier alpha value is -0.930. The van der Waals surface area contributed by atoms with Crippen molar-refractivity contribution in [2.24, 2.45) is 11.1 Å². The minimum Gasteiger partial charge on any atom is -0.330 e. The Morgan fingerprint density at radius 3 is 2.47 bits per heavy atom. The van der Waals surface area contributed by atoms with Crippen molar-refractivity contribution in [1.29, 1.82) is 0 Å². The molecule has 0 unspecified atom stereocenters. The predicted molar refractivity (Wildman–Crippen MR) is 72.6 cm³/mol. The lowest BCUT2D eigenvalue weighted by Gasteiger charge is -2.27. The Morgan fingerprint density at radius 2 is 1.94 bits per heavy atom. The Kier molecular flexibility index (Phi) is 5.59. The van der Waals surface area contributed by atoms with Gasteiger partial charge in [-0.1, -0.05) is 20.8 Å². The summed E-state index contributed by atoms with van der Waals surface area (Å²) >= 11 is 0. The summed E-state index contributed by atoms with van der Waals surface area (Å²) in [6.45, 7) is 10.6. The maximum atomic E-state index is 5.76. The molecule has 1 rings (SSSR count). The van der Waals surface area contributed by atoms with Crippen molar-refractivity contribution in [1.82, 2.24) is 9.88 Å². The van der Waals surface area contributed by atoms with Gasteiger partial charge in [0, 0.05) is 18.9 Å². The van der Waals surface area contributed by atoms with E-state index in [4.69, 9.17) is 5.73 Å². The molecule has 0 aromatic carbocycles. The zero-order valence-electron chi connectivity index (χ0n) is 11.3. The molecule has 0 radical (unpaired) electrons. The molecular formula is C14H25N3. The Balaban J connectivity index is 2.44. The van der Waals surface area contributed by atoms with Gasteiger partial charge in [-0.15, -0.1) is 0 Å². The second-order valence-corrected chi connectivity index (χ2v) is 5.34. The zero-order chi connectivity index (χ0) is 12.7. The first-order valence-corrected chi connectivity index (χ1v) is 6.39. The molecule has 3 nitrogen and oxygen atoms in total. The van der Waals surface area contributed by atoms with E-state index < -0.39 is 0 Å². The van der Waals surface area contributed by atoms with Gasteiger partial charge in [0.1, 0.15) is 0 Å². The SMILES string of the molecule is CCN(CCC(C)(C)CN)Cc1ccncc1. The summed E-state index contributed by atoms with van der Waals surface area (Å²) in [6.07, 6.45) is 4.85. The second kappa shape index (κ2) is 6.72. The molecule has 1 aromatic rings. The molecule has 0 aliphatic heterocycles. The van der Waals surface area contributed by atoms with E-state index in [1.54, 1.807) is 0 Å². The molecule has 0 saturated carbocycles. The minimum absolute atomic E-state index is 0.242. The largest absolute Gasteiger partial charge is 0.330 e. The van der Waals surface area contributed by atoms with Gasteiger partial charge in [-0.25, -0.2) is 0 Å². The topological polar surface area (TPSA) is 42.1 Å². The second-order valence-electron chi connectivity index (χ2n) is 5.34. The highest BCUT2D eigenvalue weighted by Gasteiger charge is 2.16. The predicted octanol–water partition coefficient (Wildman–Crippen LogP) is 2.28. The highest BCUT2D eigenvalue weighted by atomic mass is 15.1. The number of hydrogen-bond donors (Lipinski definition) is 1. The summed E-state index contributed by atoms with van der Waals surface area (Å²) in [5.74, 6) is 0. The smallest absolute Gasteiger partial charge is 0.0271 e. The van der Waals surface area contributed by atoms with Crippen molar-refractivity contribution in [3.63, 3.8) is 0 Å². The molecule has 0 fully saturated rings. The highest BCUT2D eigenvalue weighted by Crippen LogP contribution is 2.19. The van der Waals surface area contributed by atoms with Gasteiger partial charge in [0.15, 0.2) is 0 Å². The maximum absolute atomic E-state index is 5.76. The summed E-state index contributed by atoms with van der Waals surface area (Å²) in [4.78, 5) is 6.49. The van der Waals surface area contributed by atoms with Gasteiger partial charge in [-0.05, 0) is 49.2 Å². The third-order valence-electron chi connectivity index (χ3n) is 3.26. The molecule has 0 bridgehead atoms. The number of aromatic nitrogens is 1. The first-order valence-electron chi connectivity index (χ1n) is 6.39. The fraction of sp³-hybridized carbons (Fsp3) is 0.643. The van der Waals surface area contributed by atoms with E-state index in [0.717, 1.165) is 32.6 Å². The molecule has 0 aliphatic rings. The zero-order valence-corrected chi connectivity index (χ0v) is 11.3. The van der Waals surface area contributed by atoms with Crippen molar-refractivity contribution in [2.75, 3.05) is 19.6 Å². The van der Waals surface area contributed by atoms with Crippen molar-refractivity contribution < 1.29 is 0 Å². The molecule has 3 heteroatoms. The number of rotatable bonds is 7. The summed E-state index contributed by atoms with van der Waals surface area (Å²) in [5, 5.41) is 0. The monoisotopic (exact) mass is 235 g/mol. The van der Waals surface area contributed by atoms with E-state index in [2.05, 4.69) is 42.8 Å². The first-order chi connectivity index (χ1) is 8.07. The third kappa shape index (κ3) is 5.29. The molecule has 0 amide bonds. The fourth-order valence-corrected chi connectivity index (χ4v) is 1.66. The van der Waals surface area contributed by atoms with Crippen LogP contribution in [-0.4, -0.2) is 29.5 Å². The van der Waals surface area contributed by atoms with Crippen LogP contribution in [0.4, 0.5) is 0 Å². The minimum atomic E-state index is 0.242. The molecule has 96 valence electrons. The highest BCUT2D eigenvalue weighted by molar-refractivity contribution is 5.09. The summed E-state index contributed by atoms with van der Waals surface area (Å²) in [5.41, 5.74) is 7.33. The maximum Gasteiger partial charge on any atom is 0.0271 e. The molecule has 0 saturated heterocycles. The van der Waals surface area contributed by atoms with Gasteiger partial charge < -0.3 is 5.73 Å². The molecule has 0 spiro atoms. The van der Waals surface area contributed by atoms with E-state index in [9.17, 15) is 0 Å². The summed E-state index contributed by atoms with van der Waals surface area (Å²) in [7, 11) is 0. The van der Waals surface area contributed by atoms with Crippen LogP contribution in [0.1, 0.15) is 32.8 Å². The average Bonchev–Trinajstić information content (AvgIpc) is 2.35. The van der Waals surface area contributed by atoms with Gasteiger partial charge in [0.25, 0.3) is 0 Å². The summed E-state index contributed by atoms with van der Waals surface area (Å²) in [6, 6.07) is 4.16. The Morgan fingerprint density at radius 1 is 1.29 bits per heavy atom. The molecular weight excluding hydrogens is 210 g/mol. The number of pyridine rings is 1. The van der Waals surface area contributed by atoms with Gasteiger partial charge in [-0.2, -0.15) is 0 Å². The molecule has 0 atom stereocenters. The van der Waals surface area contributed by atoms with Crippen LogP contribution in [0.2, 0.25) is 0 Å². The Bertz CT molecular complexity index is 309. The first kappa shape index (κ1) is 14.1. The van der Waals surface area contributed by atoms with E-state index in [0.29, 0.717) is 0 Å². The van der Waals surface area contributed by atoms with Gasteiger partial charge in [-0.3, -0.25) is 9.88 Å². The van der Waals surface area contributed by atoms with E-state index in [-0.39, 0.29) is 5.41 Å². The molecule has 1 aromatic heterocycles. The fourth-order valence-electron chi connectivity index (χ4n) is 1.66. The van der Waals surface area contributed by atoms with Gasteiger partial charge in [0.2, 0.25) is 0 Å². The van der Waals surface area contributed by atoms with Crippen LogP contribution in [0.3, 0.4) is 0 Å². The van der Waals surface area contributed by atoms with Gasteiger partial charge >= 0.3 is 0 Å². The lowest BCUT2D eigenvalue weighted by atomic mass is 9.89. The number of hydrogen-bond acceptors (Lipinski definition) is 3. The lowest BCUT2D eigenvalue weighted by molar-refractivity contribution is 0.223. The van der Waals surface area contributed by atoms with Crippen molar-refractivity contribution in [3.05, 3.63) is 30.1 Å². The van der Waals surface area contributed by atoms with Crippen LogP contribution in [0, 0.1) is 5.41 Å². The summed E-state index contributed by atoms with van der Waals surface area (Å²) < 4.78 is 0. The van der Waals surface area contributed by atoms with Crippen LogP contribution >= 0.6 is 0 Å². The normalized spacial score (nSPS) is 12.1. The third-order valence-corrected chi connectivity index (χ3v) is 3.26. The van der Waals surface area contributed by atoms with E-state index in [1.807, 2.05) is 12.4 Å². The van der Waals surface area contributed by atoms with Gasteiger partial charge in [0.05, 0.1) is 0 Å². The van der Waals surface area contributed by atoms with Crippen LogP contribution in [0.15, 0.2) is 24.5 Å². The van der Waals surface area contributed by atoms with E-state index in [1.165, 1.54) is 5.56 Å². The standard InChI is InChI=1S/C14H25N3/c1-4-17(10-7-14(2,3)12-15)11-13-5-8-16-9-6-13/h5-6,8-9H,4,7,10-12,15H2,1-3H3. The number of nitrogens with two attached hydrogens (primary N) is 1. The Labute approximate surface area is 105 Å². The van der Waals surface area contributed by atoms with Crippen molar-refractivity contribution >= 4 is 0 Å². The van der Waals surface area contributed by atoms with Crippen molar-refractivity contribution in [2.45, 2.75) is 33.7 Å². The van der Waals surface area contributed by atoms with Crippen LogP contribution < -0.4 is 5.73 Å².